The van der Waals surface area contributed by atoms with Gasteiger partial charge in [0, 0.05) is 24.5 Å². The van der Waals surface area contributed by atoms with Crippen LogP contribution in [0.3, 0.4) is 0 Å². The van der Waals surface area contributed by atoms with E-state index in [2.05, 4.69) is 5.32 Å². The highest BCUT2D eigenvalue weighted by Gasteiger charge is 2.23. The van der Waals surface area contributed by atoms with Crippen LogP contribution in [0, 0.1) is 0 Å². The molecular formula is C16H14N2O2S. The molecule has 0 radical (unpaired) electrons. The Morgan fingerprint density at radius 3 is 3.00 bits per heavy atom. The van der Waals surface area contributed by atoms with Crippen molar-refractivity contribution in [2.45, 2.75) is 6.42 Å². The zero-order chi connectivity index (χ0) is 14.8. The summed E-state index contributed by atoms with van der Waals surface area (Å²) in [5.74, 6) is -0.107. The van der Waals surface area contributed by atoms with Crippen LogP contribution in [-0.2, 0) is 16.0 Å². The number of anilines is 2. The number of carbonyl (C=O) groups is 2. The Hall–Kier alpha value is -2.40. The van der Waals surface area contributed by atoms with Crippen LogP contribution in [-0.4, -0.2) is 18.9 Å². The van der Waals surface area contributed by atoms with Crippen molar-refractivity contribution in [3.63, 3.8) is 0 Å². The Labute approximate surface area is 126 Å². The van der Waals surface area contributed by atoms with Gasteiger partial charge in [-0.3, -0.25) is 9.59 Å². The first-order chi connectivity index (χ1) is 10.1. The number of carbonyl (C=O) groups excluding carboxylic acids is 2. The molecule has 1 aromatic heterocycles. The van der Waals surface area contributed by atoms with Crippen LogP contribution < -0.4 is 10.2 Å². The van der Waals surface area contributed by atoms with Gasteiger partial charge in [-0.25, -0.2) is 0 Å². The summed E-state index contributed by atoms with van der Waals surface area (Å²) in [5, 5.41) is 6.75. The number of thiophene rings is 1. The summed E-state index contributed by atoms with van der Waals surface area (Å²) < 4.78 is 0. The van der Waals surface area contributed by atoms with E-state index < -0.39 is 0 Å². The number of rotatable bonds is 3. The third kappa shape index (κ3) is 2.87. The predicted molar refractivity (Wildman–Crippen MR) is 85.5 cm³/mol. The maximum absolute atomic E-state index is 11.9. The summed E-state index contributed by atoms with van der Waals surface area (Å²) in [6, 6.07) is 7.47. The Morgan fingerprint density at radius 2 is 2.24 bits per heavy atom. The summed E-state index contributed by atoms with van der Waals surface area (Å²) in [6.07, 6.45) is 3.67. The molecule has 1 aliphatic rings. The van der Waals surface area contributed by atoms with E-state index in [1.165, 1.54) is 6.08 Å². The van der Waals surface area contributed by atoms with Gasteiger partial charge in [0.1, 0.15) is 0 Å². The van der Waals surface area contributed by atoms with Gasteiger partial charge >= 0.3 is 0 Å². The van der Waals surface area contributed by atoms with E-state index in [0.717, 1.165) is 16.8 Å². The molecule has 0 fully saturated rings. The molecule has 0 saturated heterocycles. The van der Waals surface area contributed by atoms with E-state index in [0.29, 0.717) is 12.1 Å². The van der Waals surface area contributed by atoms with Gasteiger partial charge in [0.05, 0.1) is 6.42 Å². The molecule has 3 rings (SSSR count). The first-order valence-electron chi connectivity index (χ1n) is 6.54. The molecule has 2 aromatic rings. The van der Waals surface area contributed by atoms with Crippen molar-refractivity contribution in [2.75, 3.05) is 17.3 Å². The van der Waals surface area contributed by atoms with Crippen molar-refractivity contribution in [3.8, 4) is 0 Å². The molecule has 106 valence electrons. The molecule has 1 aliphatic heterocycles. The summed E-state index contributed by atoms with van der Waals surface area (Å²) >= 11 is 1.59. The van der Waals surface area contributed by atoms with Crippen LogP contribution in [0.15, 0.2) is 41.1 Å². The second-order valence-corrected chi connectivity index (χ2v) is 5.63. The molecule has 5 heteroatoms. The lowest BCUT2D eigenvalue weighted by Gasteiger charge is -2.10. The third-order valence-electron chi connectivity index (χ3n) is 3.39. The summed E-state index contributed by atoms with van der Waals surface area (Å²) in [6.45, 7) is 0. The monoisotopic (exact) mass is 298 g/mol. The number of nitrogens with one attached hydrogen (secondary N) is 1. The van der Waals surface area contributed by atoms with Crippen molar-refractivity contribution < 1.29 is 9.59 Å². The van der Waals surface area contributed by atoms with Crippen molar-refractivity contribution >= 4 is 40.6 Å². The second kappa shape index (κ2) is 5.54. The molecule has 0 unspecified atom stereocenters. The van der Waals surface area contributed by atoms with Crippen LogP contribution in [0.2, 0.25) is 0 Å². The number of benzene rings is 1. The predicted octanol–water partition coefficient (Wildman–Crippen LogP) is 2.92. The smallest absolute Gasteiger partial charge is 0.248 e. The van der Waals surface area contributed by atoms with Gasteiger partial charge in [0.25, 0.3) is 0 Å². The van der Waals surface area contributed by atoms with Crippen molar-refractivity contribution in [3.05, 3.63) is 52.2 Å². The van der Waals surface area contributed by atoms with Gasteiger partial charge in [-0.2, -0.15) is 11.3 Å². The number of amides is 2. The molecule has 21 heavy (non-hydrogen) atoms. The zero-order valence-corrected chi connectivity index (χ0v) is 12.3. The van der Waals surface area contributed by atoms with Crippen LogP contribution >= 0.6 is 11.3 Å². The molecule has 0 aliphatic carbocycles. The van der Waals surface area contributed by atoms with Gasteiger partial charge in [0.15, 0.2) is 0 Å². The van der Waals surface area contributed by atoms with Gasteiger partial charge in [0.2, 0.25) is 11.8 Å². The van der Waals surface area contributed by atoms with Gasteiger partial charge < -0.3 is 10.2 Å². The van der Waals surface area contributed by atoms with E-state index >= 15 is 0 Å². The SMILES string of the molecule is CN1C(=O)Cc2cc(NC(=O)/C=C/c3ccsc3)ccc21. The Morgan fingerprint density at radius 1 is 1.38 bits per heavy atom. The van der Waals surface area contributed by atoms with E-state index in [1.807, 2.05) is 35.0 Å². The summed E-state index contributed by atoms with van der Waals surface area (Å²) in [7, 11) is 1.76. The minimum absolute atomic E-state index is 0.0748. The van der Waals surface area contributed by atoms with Crippen LogP contribution in [0.1, 0.15) is 11.1 Å². The number of likely N-dealkylation sites (N-methyl/N-ethyl adjacent to an activating group) is 1. The summed E-state index contributed by atoms with van der Waals surface area (Å²) in [5.41, 5.74) is 3.57. The second-order valence-electron chi connectivity index (χ2n) is 4.85. The number of hydrogen-bond donors (Lipinski definition) is 1. The molecule has 1 aromatic carbocycles. The zero-order valence-electron chi connectivity index (χ0n) is 11.5. The van der Waals surface area contributed by atoms with Crippen LogP contribution in [0.5, 0.6) is 0 Å². The largest absolute Gasteiger partial charge is 0.323 e. The number of fused-ring (bicyclic) bond motifs is 1. The topological polar surface area (TPSA) is 49.4 Å². The molecule has 0 spiro atoms. The lowest BCUT2D eigenvalue weighted by atomic mass is 10.1. The van der Waals surface area contributed by atoms with Crippen LogP contribution in [0.25, 0.3) is 6.08 Å². The molecule has 0 saturated carbocycles. The fourth-order valence-electron chi connectivity index (χ4n) is 2.27. The molecule has 2 heterocycles. The van der Waals surface area contributed by atoms with Gasteiger partial charge in [-0.15, -0.1) is 0 Å². The Bertz CT molecular complexity index is 720. The highest BCUT2D eigenvalue weighted by Crippen LogP contribution is 2.29. The highest BCUT2D eigenvalue weighted by molar-refractivity contribution is 7.08. The quantitative estimate of drug-likeness (QED) is 0.886. The van der Waals surface area contributed by atoms with E-state index in [1.54, 1.807) is 29.4 Å². The minimum atomic E-state index is -0.182. The number of hydrogen-bond acceptors (Lipinski definition) is 3. The molecule has 1 N–H and O–H groups in total. The lowest BCUT2D eigenvalue weighted by Crippen LogP contribution is -2.20. The fourth-order valence-corrected chi connectivity index (χ4v) is 2.90. The highest BCUT2D eigenvalue weighted by atomic mass is 32.1. The van der Waals surface area contributed by atoms with E-state index in [-0.39, 0.29) is 11.8 Å². The molecular weight excluding hydrogens is 284 g/mol. The molecule has 4 nitrogen and oxygen atoms in total. The Kier molecular flexibility index (Phi) is 3.58. The van der Waals surface area contributed by atoms with Crippen molar-refractivity contribution in [2.24, 2.45) is 0 Å². The molecule has 0 bridgehead atoms. The average molecular weight is 298 g/mol. The maximum atomic E-state index is 11.9. The standard InChI is InChI=1S/C16H14N2O2S/c1-18-14-4-3-13(8-12(14)9-16(18)20)17-15(19)5-2-11-6-7-21-10-11/h2-8,10H,9H2,1H3,(H,17,19)/b5-2+. The minimum Gasteiger partial charge on any atom is -0.323 e. The van der Waals surface area contributed by atoms with Gasteiger partial charge in [-0.1, -0.05) is 0 Å². The first kappa shape index (κ1) is 13.6. The van der Waals surface area contributed by atoms with Gasteiger partial charge in [-0.05, 0) is 52.2 Å². The average Bonchev–Trinajstić information content (AvgIpc) is 3.06. The fraction of sp³-hybridized carbons (Fsp3) is 0.125. The maximum Gasteiger partial charge on any atom is 0.248 e. The first-order valence-corrected chi connectivity index (χ1v) is 7.48. The number of nitrogens with zero attached hydrogens (tertiary/aromatic N) is 1. The lowest BCUT2D eigenvalue weighted by molar-refractivity contribution is -0.117. The van der Waals surface area contributed by atoms with Crippen LogP contribution in [0.4, 0.5) is 11.4 Å². The van der Waals surface area contributed by atoms with Crippen molar-refractivity contribution in [1.82, 2.24) is 0 Å². The Balaban J connectivity index is 1.70. The molecule has 0 atom stereocenters. The van der Waals surface area contributed by atoms with E-state index in [4.69, 9.17) is 0 Å². The summed E-state index contributed by atoms with van der Waals surface area (Å²) in [4.78, 5) is 25.1. The van der Waals surface area contributed by atoms with Crippen molar-refractivity contribution in [1.29, 1.82) is 0 Å². The normalized spacial score (nSPS) is 13.8. The third-order valence-corrected chi connectivity index (χ3v) is 4.10. The molecule has 2 amide bonds. The van der Waals surface area contributed by atoms with E-state index in [9.17, 15) is 9.59 Å².